The minimum absolute atomic E-state index is 0.131. The van der Waals surface area contributed by atoms with Gasteiger partial charge >= 0.3 is 5.69 Å². The maximum absolute atomic E-state index is 12.3. The van der Waals surface area contributed by atoms with Gasteiger partial charge in [0.25, 0.3) is 17.0 Å². The van der Waals surface area contributed by atoms with Crippen LogP contribution in [0.5, 0.6) is 5.75 Å². The Kier molecular flexibility index (Phi) is 3.76. The van der Waals surface area contributed by atoms with E-state index in [1.54, 1.807) is 18.2 Å². The van der Waals surface area contributed by atoms with Crippen LogP contribution in [0, 0.1) is 0 Å². The molecule has 0 bridgehead atoms. The van der Waals surface area contributed by atoms with Gasteiger partial charge in [-0.2, -0.15) is 0 Å². The van der Waals surface area contributed by atoms with Crippen LogP contribution in [0.3, 0.4) is 0 Å². The first-order chi connectivity index (χ1) is 11.8. The number of aromatic nitrogens is 3. The second kappa shape index (κ2) is 5.78. The predicted molar refractivity (Wildman–Crippen MR) is 91.1 cm³/mol. The van der Waals surface area contributed by atoms with E-state index in [-0.39, 0.29) is 16.6 Å². The summed E-state index contributed by atoms with van der Waals surface area (Å²) in [6, 6.07) is 8.08. The highest BCUT2D eigenvalue weighted by molar-refractivity contribution is 6.06. The Morgan fingerprint density at radius 3 is 2.36 bits per heavy atom. The van der Waals surface area contributed by atoms with Gasteiger partial charge in [-0.25, -0.2) is 4.79 Å². The molecule has 0 aliphatic rings. The number of benzene rings is 1. The zero-order chi connectivity index (χ0) is 18.3. The first kappa shape index (κ1) is 16.2. The quantitative estimate of drug-likeness (QED) is 0.599. The number of rotatable bonds is 2. The molecule has 2 aromatic heterocycles. The highest BCUT2D eigenvalue weighted by Gasteiger charge is 2.20. The molecule has 25 heavy (non-hydrogen) atoms. The van der Waals surface area contributed by atoms with Crippen molar-refractivity contribution in [3.63, 3.8) is 0 Å². The van der Waals surface area contributed by atoms with E-state index in [1.165, 1.54) is 26.2 Å². The van der Waals surface area contributed by atoms with Crippen molar-refractivity contribution in [2.75, 3.05) is 5.32 Å². The van der Waals surface area contributed by atoms with Crippen LogP contribution in [0.4, 0.5) is 5.69 Å². The summed E-state index contributed by atoms with van der Waals surface area (Å²) in [6.07, 6.45) is 0. The molecule has 0 radical (unpaired) electrons. The number of pyridine rings is 1. The Balaban J connectivity index is 2.25. The summed E-state index contributed by atoms with van der Waals surface area (Å²) in [6.45, 7) is 0. The number of nitrogens with zero attached hydrogens (tertiary/aromatic N) is 2. The van der Waals surface area contributed by atoms with E-state index in [2.05, 4.69) is 10.3 Å². The van der Waals surface area contributed by atoms with Gasteiger partial charge in [-0.1, -0.05) is 18.2 Å². The molecule has 0 saturated carbocycles. The van der Waals surface area contributed by atoms with Crippen molar-refractivity contribution in [1.29, 1.82) is 0 Å². The van der Waals surface area contributed by atoms with E-state index in [1.807, 2.05) is 0 Å². The molecule has 3 aromatic rings. The van der Waals surface area contributed by atoms with Crippen molar-refractivity contribution in [3.05, 3.63) is 67.1 Å². The van der Waals surface area contributed by atoms with Gasteiger partial charge in [0.2, 0.25) is 0 Å². The predicted octanol–water partition coefficient (Wildman–Crippen LogP) is -0.117. The van der Waals surface area contributed by atoms with E-state index in [9.17, 15) is 24.3 Å². The lowest BCUT2D eigenvalue weighted by Gasteiger charge is -2.11. The van der Waals surface area contributed by atoms with Gasteiger partial charge < -0.3 is 15.4 Å². The summed E-state index contributed by atoms with van der Waals surface area (Å²) in [4.78, 5) is 51.0. The largest absolute Gasteiger partial charge is 0.505 e. The van der Waals surface area contributed by atoms with E-state index in [4.69, 9.17) is 0 Å². The molecule has 9 heteroatoms. The topological polar surface area (TPSA) is 126 Å². The van der Waals surface area contributed by atoms with Crippen molar-refractivity contribution >= 4 is 22.6 Å². The number of fused-ring (bicyclic) bond motifs is 1. The molecule has 0 fully saturated rings. The summed E-state index contributed by atoms with van der Waals surface area (Å²) >= 11 is 0. The molecule has 2 heterocycles. The van der Waals surface area contributed by atoms with Crippen molar-refractivity contribution < 1.29 is 9.90 Å². The molecule has 0 unspecified atom stereocenters. The number of aryl methyl sites for hydroxylation is 1. The van der Waals surface area contributed by atoms with Crippen LogP contribution in [0.25, 0.3) is 11.0 Å². The van der Waals surface area contributed by atoms with Gasteiger partial charge in [0, 0.05) is 19.7 Å². The molecule has 0 spiro atoms. The van der Waals surface area contributed by atoms with Crippen LogP contribution in [0.2, 0.25) is 0 Å². The van der Waals surface area contributed by atoms with Crippen LogP contribution in [0.15, 0.2) is 44.7 Å². The lowest BCUT2D eigenvalue weighted by molar-refractivity contribution is 0.102. The molecule has 128 valence electrons. The Labute approximate surface area is 139 Å². The summed E-state index contributed by atoms with van der Waals surface area (Å²) in [5.74, 6) is -1.32. The minimum Gasteiger partial charge on any atom is -0.505 e. The number of carbonyl (C=O) groups excluding carboxylic acids is 1. The van der Waals surface area contributed by atoms with E-state index < -0.39 is 34.2 Å². The summed E-state index contributed by atoms with van der Waals surface area (Å²) in [5, 5.41) is 12.4. The first-order valence-corrected chi connectivity index (χ1v) is 7.24. The zero-order valence-corrected chi connectivity index (χ0v) is 13.4. The van der Waals surface area contributed by atoms with E-state index in [0.29, 0.717) is 0 Å². The summed E-state index contributed by atoms with van der Waals surface area (Å²) < 4.78 is 1.82. The molecule has 9 nitrogen and oxygen atoms in total. The molecular formula is C16H14N4O5. The van der Waals surface area contributed by atoms with Gasteiger partial charge in [0.05, 0.1) is 0 Å². The van der Waals surface area contributed by atoms with Crippen LogP contribution in [0.1, 0.15) is 10.4 Å². The number of anilines is 1. The normalized spacial score (nSPS) is 10.8. The number of aromatic amines is 1. The minimum atomic E-state index is -0.836. The number of nitrogens with one attached hydrogen (secondary N) is 2. The lowest BCUT2D eigenvalue weighted by Crippen LogP contribution is -2.38. The Bertz CT molecular complexity index is 1170. The average Bonchev–Trinajstić information content (AvgIpc) is 2.61. The fourth-order valence-corrected chi connectivity index (χ4v) is 2.50. The van der Waals surface area contributed by atoms with Crippen LogP contribution < -0.4 is 22.1 Å². The lowest BCUT2D eigenvalue weighted by atomic mass is 10.2. The van der Waals surface area contributed by atoms with Gasteiger partial charge in [-0.3, -0.25) is 23.5 Å². The maximum Gasteiger partial charge on any atom is 0.332 e. The second-order valence-electron chi connectivity index (χ2n) is 5.43. The third-order valence-electron chi connectivity index (χ3n) is 3.87. The Hall–Kier alpha value is -3.62. The number of aromatic hydroxyl groups is 1. The molecule has 0 atom stereocenters. The van der Waals surface area contributed by atoms with E-state index >= 15 is 0 Å². The molecule has 3 rings (SSSR count). The van der Waals surface area contributed by atoms with Crippen molar-refractivity contribution in [1.82, 2.24) is 14.1 Å². The molecule has 1 aromatic carbocycles. The van der Waals surface area contributed by atoms with Crippen molar-refractivity contribution in [3.8, 4) is 5.75 Å². The van der Waals surface area contributed by atoms with Crippen molar-refractivity contribution in [2.24, 2.45) is 14.1 Å². The number of carbonyl (C=O) groups is 1. The third-order valence-corrected chi connectivity index (χ3v) is 3.87. The first-order valence-electron chi connectivity index (χ1n) is 7.24. The highest BCUT2D eigenvalue weighted by Crippen LogP contribution is 2.25. The fraction of sp³-hybridized carbons (Fsp3) is 0.125. The molecule has 1 amide bonds. The SMILES string of the molecule is Cn1c(=O)c2c(O)c(NC(=O)c3ccccc3)c(=O)[nH]c2n(C)c1=O. The van der Waals surface area contributed by atoms with E-state index in [0.717, 1.165) is 9.13 Å². The van der Waals surface area contributed by atoms with Crippen LogP contribution in [-0.2, 0) is 14.1 Å². The fourth-order valence-electron chi connectivity index (χ4n) is 2.50. The summed E-state index contributed by atoms with van der Waals surface area (Å²) in [5.41, 5.74) is -2.60. The number of amides is 1. The highest BCUT2D eigenvalue weighted by atomic mass is 16.3. The van der Waals surface area contributed by atoms with Crippen molar-refractivity contribution in [2.45, 2.75) is 0 Å². The molecule has 3 N–H and O–H groups in total. The standard InChI is InChI=1S/C16H14N4O5/c1-19-12-9(15(24)20(2)16(19)25)11(21)10(14(23)18-12)17-13(22)8-6-4-3-5-7-8/h3-7H,1-2H3,(H,17,22)(H2,18,21,23). The summed E-state index contributed by atoms with van der Waals surface area (Å²) in [7, 11) is 2.60. The third kappa shape index (κ3) is 2.51. The monoisotopic (exact) mass is 342 g/mol. The smallest absolute Gasteiger partial charge is 0.332 e. The van der Waals surface area contributed by atoms with Crippen LogP contribution >= 0.6 is 0 Å². The molecular weight excluding hydrogens is 328 g/mol. The Morgan fingerprint density at radius 1 is 1.08 bits per heavy atom. The number of hydrogen-bond acceptors (Lipinski definition) is 5. The molecule has 0 aliphatic heterocycles. The van der Waals surface area contributed by atoms with Gasteiger partial charge in [0.1, 0.15) is 11.0 Å². The Morgan fingerprint density at radius 2 is 1.72 bits per heavy atom. The maximum atomic E-state index is 12.3. The number of hydrogen-bond donors (Lipinski definition) is 3. The second-order valence-corrected chi connectivity index (χ2v) is 5.43. The van der Waals surface area contributed by atoms with Gasteiger partial charge in [0.15, 0.2) is 11.4 Å². The van der Waals surface area contributed by atoms with Gasteiger partial charge in [-0.05, 0) is 12.1 Å². The average molecular weight is 342 g/mol. The molecule has 0 aliphatic carbocycles. The van der Waals surface area contributed by atoms with Crippen LogP contribution in [-0.4, -0.2) is 25.1 Å². The number of H-pyrrole nitrogens is 1. The molecule has 0 saturated heterocycles. The zero-order valence-electron chi connectivity index (χ0n) is 13.4. The van der Waals surface area contributed by atoms with Gasteiger partial charge in [-0.15, -0.1) is 0 Å².